The van der Waals surface area contributed by atoms with Gasteiger partial charge in [-0.05, 0) is 35.9 Å². The Morgan fingerprint density at radius 2 is 1.48 bits per heavy atom. The zero-order valence-corrected chi connectivity index (χ0v) is 16.9. The number of rotatable bonds is 5. The molecule has 0 spiro atoms. The third-order valence-corrected chi connectivity index (χ3v) is 4.99. The number of nitrogens with two attached hydrogens (primary N) is 1. The molecule has 0 bridgehead atoms. The summed E-state index contributed by atoms with van der Waals surface area (Å²) in [5.41, 5.74) is 1.74. The van der Waals surface area contributed by atoms with E-state index >= 15 is 0 Å². The van der Waals surface area contributed by atoms with Gasteiger partial charge in [-0.1, -0.05) is 12.1 Å². The monoisotopic (exact) mass is 490 g/mol. The van der Waals surface area contributed by atoms with Crippen LogP contribution in [0.4, 0.5) is 26.3 Å². The topological polar surface area (TPSA) is 108 Å². The molecule has 14 heteroatoms. The van der Waals surface area contributed by atoms with Crippen molar-refractivity contribution in [3.8, 4) is 11.4 Å². The van der Waals surface area contributed by atoms with Gasteiger partial charge in [-0.15, -0.1) is 5.10 Å². The Morgan fingerprint density at radius 3 is 1.94 bits per heavy atom. The van der Waals surface area contributed by atoms with E-state index in [9.17, 15) is 39.6 Å². The third-order valence-electron chi connectivity index (χ3n) is 4.27. The molecule has 1 heterocycles. The largest absolute Gasteiger partial charge is 0.416 e. The summed E-state index contributed by atoms with van der Waals surface area (Å²) < 4.78 is 101. The van der Waals surface area contributed by atoms with E-state index in [2.05, 4.69) is 10.1 Å². The molecule has 7 nitrogen and oxygen atoms in total. The maximum Gasteiger partial charge on any atom is 0.416 e. The summed E-state index contributed by atoms with van der Waals surface area (Å²) >= 11 is 0. The zero-order valence-electron chi connectivity index (χ0n) is 16.1. The molecule has 0 fully saturated rings. The van der Waals surface area contributed by atoms with Crippen molar-refractivity contribution in [2.75, 3.05) is 0 Å². The molecule has 0 atom stereocenters. The first kappa shape index (κ1) is 24.0. The van der Waals surface area contributed by atoms with E-state index in [-0.39, 0.29) is 22.1 Å². The van der Waals surface area contributed by atoms with E-state index in [1.165, 1.54) is 24.3 Å². The molecular formula is C19H12F6N4O3S. The Balaban J connectivity index is 2.05. The number of carbonyl (C=O) groups excluding carboxylic acids is 1. The van der Waals surface area contributed by atoms with Crippen LogP contribution in [0.5, 0.6) is 0 Å². The Hall–Kier alpha value is -3.68. The summed E-state index contributed by atoms with van der Waals surface area (Å²) in [5, 5.41) is 3.81. The predicted octanol–water partition coefficient (Wildman–Crippen LogP) is 3.44. The van der Waals surface area contributed by atoms with Gasteiger partial charge in [0.2, 0.25) is 0 Å². The Labute approximate surface area is 183 Å². The molecule has 0 aliphatic heterocycles. The Kier molecular flexibility index (Phi) is 6.31. The molecule has 2 aromatic carbocycles. The fourth-order valence-corrected chi connectivity index (χ4v) is 3.12. The normalized spacial score (nSPS) is 12.9. The van der Waals surface area contributed by atoms with E-state index in [1.54, 1.807) is 0 Å². The first-order valence-corrected chi connectivity index (χ1v) is 9.91. The highest BCUT2D eigenvalue weighted by Crippen LogP contribution is 2.38. The number of alkyl halides is 6. The molecule has 0 unspecified atom stereocenters. The molecule has 33 heavy (non-hydrogen) atoms. The molecule has 0 saturated carbocycles. The second-order valence-electron chi connectivity index (χ2n) is 6.55. The van der Waals surface area contributed by atoms with Crippen LogP contribution in [0.3, 0.4) is 0 Å². The van der Waals surface area contributed by atoms with Crippen molar-refractivity contribution in [3.05, 3.63) is 65.5 Å². The lowest BCUT2D eigenvalue weighted by Gasteiger charge is -2.13. The minimum absolute atomic E-state index is 0.0226. The molecule has 174 valence electrons. The number of hydrogen-bond acceptors (Lipinski definition) is 5. The first-order valence-electron chi connectivity index (χ1n) is 8.73. The quantitative estimate of drug-likeness (QED) is 0.324. The SMILES string of the molecule is NC(=O)/C(=C/n1cnc(-c2cc(C(F)(F)F)cc(C(F)(F)F)c2)n1)c1ccc([SH](=O)=O)cc1. The number of hydrogen-bond donors (Lipinski definition) is 2. The van der Waals surface area contributed by atoms with Gasteiger partial charge in [-0.2, -0.15) is 26.3 Å². The maximum atomic E-state index is 13.1. The highest BCUT2D eigenvalue weighted by atomic mass is 32.2. The van der Waals surface area contributed by atoms with Gasteiger partial charge in [0.1, 0.15) is 6.33 Å². The van der Waals surface area contributed by atoms with Crippen LogP contribution < -0.4 is 5.73 Å². The van der Waals surface area contributed by atoms with Gasteiger partial charge in [0, 0.05) is 11.8 Å². The number of primary amides is 1. The highest BCUT2D eigenvalue weighted by molar-refractivity contribution is 7.72. The molecule has 0 radical (unpaired) electrons. The summed E-state index contributed by atoms with van der Waals surface area (Å²) in [7, 11) is -2.86. The van der Waals surface area contributed by atoms with Crippen molar-refractivity contribution in [3.63, 3.8) is 0 Å². The summed E-state index contributed by atoms with van der Waals surface area (Å²) in [5.74, 6) is -1.42. The summed E-state index contributed by atoms with van der Waals surface area (Å²) in [6.07, 6.45) is -8.09. The number of aromatic nitrogens is 3. The number of halogens is 6. The van der Waals surface area contributed by atoms with Crippen LogP contribution >= 0.6 is 0 Å². The number of carbonyl (C=O) groups is 1. The smallest absolute Gasteiger partial charge is 0.366 e. The van der Waals surface area contributed by atoms with Gasteiger partial charge < -0.3 is 5.73 Å². The van der Waals surface area contributed by atoms with Gasteiger partial charge in [0.05, 0.1) is 21.6 Å². The standard InChI is InChI=1S/C19H12F6N4O3S/c20-18(21,22)12-5-11(6-13(7-12)19(23,24)25)17-27-9-29(28-17)8-15(16(26)30)10-1-3-14(4-2-10)33(31)32/h1-9,33H,(H2,26,30)/b15-8+. The highest BCUT2D eigenvalue weighted by Gasteiger charge is 2.37. The van der Waals surface area contributed by atoms with Crippen molar-refractivity contribution in [1.82, 2.24) is 14.8 Å². The molecule has 3 aromatic rings. The van der Waals surface area contributed by atoms with E-state index in [0.29, 0.717) is 12.1 Å². The molecular weight excluding hydrogens is 478 g/mol. The van der Waals surface area contributed by atoms with E-state index < -0.39 is 51.5 Å². The average molecular weight is 490 g/mol. The fourth-order valence-electron chi connectivity index (χ4n) is 2.73. The number of nitrogens with zero attached hydrogens (tertiary/aromatic N) is 3. The lowest BCUT2D eigenvalue weighted by molar-refractivity contribution is -0.143. The van der Waals surface area contributed by atoms with Crippen LogP contribution in [0.15, 0.2) is 53.7 Å². The van der Waals surface area contributed by atoms with Crippen molar-refractivity contribution in [2.24, 2.45) is 5.73 Å². The minimum Gasteiger partial charge on any atom is -0.366 e. The molecule has 2 N–H and O–H groups in total. The fraction of sp³-hybridized carbons (Fsp3) is 0.105. The number of benzene rings is 2. The molecule has 0 aliphatic rings. The van der Waals surface area contributed by atoms with Crippen molar-refractivity contribution in [1.29, 1.82) is 0 Å². The second-order valence-corrected chi connectivity index (χ2v) is 7.58. The number of thiol groups is 1. The van der Waals surface area contributed by atoms with E-state index in [1.807, 2.05) is 0 Å². The molecule has 3 rings (SSSR count). The molecule has 1 aromatic heterocycles. The van der Waals surface area contributed by atoms with Crippen LogP contribution in [0.1, 0.15) is 16.7 Å². The number of amides is 1. The van der Waals surface area contributed by atoms with Gasteiger partial charge in [-0.3, -0.25) is 4.79 Å². The van der Waals surface area contributed by atoms with Crippen LogP contribution in [0.2, 0.25) is 0 Å². The first-order chi connectivity index (χ1) is 15.3. The van der Waals surface area contributed by atoms with Crippen LogP contribution in [-0.2, 0) is 27.9 Å². The third kappa shape index (κ3) is 5.58. The van der Waals surface area contributed by atoms with Gasteiger partial charge in [0.25, 0.3) is 5.91 Å². The average Bonchev–Trinajstić information content (AvgIpc) is 3.19. The van der Waals surface area contributed by atoms with Crippen LogP contribution in [0, 0.1) is 0 Å². The molecule has 0 aliphatic carbocycles. The van der Waals surface area contributed by atoms with Crippen molar-refractivity contribution < 1.29 is 39.6 Å². The maximum absolute atomic E-state index is 13.1. The van der Waals surface area contributed by atoms with E-state index in [4.69, 9.17) is 5.73 Å². The lowest BCUT2D eigenvalue weighted by Crippen LogP contribution is -2.14. The van der Waals surface area contributed by atoms with Crippen molar-refractivity contribution >= 4 is 28.4 Å². The van der Waals surface area contributed by atoms with Gasteiger partial charge in [-0.25, -0.2) is 18.1 Å². The summed E-state index contributed by atoms with van der Waals surface area (Å²) in [4.78, 5) is 15.5. The van der Waals surface area contributed by atoms with E-state index in [0.717, 1.165) is 17.2 Å². The molecule has 0 saturated heterocycles. The van der Waals surface area contributed by atoms with Gasteiger partial charge >= 0.3 is 12.4 Å². The van der Waals surface area contributed by atoms with Crippen molar-refractivity contribution in [2.45, 2.75) is 17.2 Å². The summed E-state index contributed by atoms with van der Waals surface area (Å²) in [6, 6.07) is 5.92. The van der Waals surface area contributed by atoms with Gasteiger partial charge in [0.15, 0.2) is 16.5 Å². The van der Waals surface area contributed by atoms with Crippen LogP contribution in [0.25, 0.3) is 23.2 Å². The minimum atomic E-state index is -5.04. The predicted molar refractivity (Wildman–Crippen MR) is 104 cm³/mol. The molecule has 1 amide bonds. The zero-order chi connectivity index (χ0) is 24.6. The lowest BCUT2D eigenvalue weighted by atomic mass is 10.0. The summed E-state index contributed by atoms with van der Waals surface area (Å²) in [6.45, 7) is 0. The second kappa shape index (κ2) is 8.69. The van der Waals surface area contributed by atoms with Crippen LogP contribution in [-0.4, -0.2) is 29.1 Å². The Bertz CT molecular complexity index is 1270. The Morgan fingerprint density at radius 1 is 0.939 bits per heavy atom.